The Hall–Kier alpha value is -1.30. The molecule has 0 saturated carbocycles. The molecule has 1 aromatic rings. The minimum Gasteiger partial charge on any atom is -0.347 e. The fourth-order valence-corrected chi connectivity index (χ4v) is 2.51. The van der Waals surface area contributed by atoms with Crippen molar-refractivity contribution in [1.82, 2.24) is 5.32 Å². The summed E-state index contributed by atoms with van der Waals surface area (Å²) in [6.45, 7) is 6.62. The Kier molecular flexibility index (Phi) is 11.5. The van der Waals surface area contributed by atoms with Crippen molar-refractivity contribution in [2.24, 2.45) is 5.73 Å². The van der Waals surface area contributed by atoms with Crippen molar-refractivity contribution in [1.29, 1.82) is 0 Å². The van der Waals surface area contributed by atoms with Gasteiger partial charge in [0.05, 0.1) is 10.6 Å². The summed E-state index contributed by atoms with van der Waals surface area (Å²) in [7, 11) is 0. The van der Waals surface area contributed by atoms with E-state index in [0.29, 0.717) is 29.2 Å². The zero-order chi connectivity index (χ0) is 18.9. The first kappa shape index (κ1) is 24.7. The largest absolute Gasteiger partial charge is 0.347 e. The lowest BCUT2D eigenvalue weighted by molar-refractivity contribution is -0.116. The lowest BCUT2D eigenvalue weighted by Gasteiger charge is -2.24. The van der Waals surface area contributed by atoms with Crippen LogP contribution in [0.1, 0.15) is 69.7 Å². The average molecular weight is 404 g/mol. The van der Waals surface area contributed by atoms with Gasteiger partial charge in [0.15, 0.2) is 0 Å². The van der Waals surface area contributed by atoms with Gasteiger partial charge in [-0.3, -0.25) is 9.59 Å². The highest BCUT2D eigenvalue weighted by atomic mass is 35.5. The molecule has 0 aliphatic carbocycles. The van der Waals surface area contributed by atoms with Crippen molar-refractivity contribution in [2.45, 2.75) is 64.8 Å². The van der Waals surface area contributed by atoms with Gasteiger partial charge in [0.1, 0.15) is 0 Å². The normalized spacial score (nSPS) is 10.8. The second-order valence-electron chi connectivity index (χ2n) is 6.89. The second-order valence-corrected chi connectivity index (χ2v) is 7.29. The number of amides is 2. The maximum atomic E-state index is 12.3. The molecule has 7 heteroatoms. The number of anilines is 1. The zero-order valence-electron chi connectivity index (χ0n) is 15.9. The Morgan fingerprint density at radius 3 is 2.38 bits per heavy atom. The van der Waals surface area contributed by atoms with E-state index in [1.165, 1.54) is 0 Å². The van der Waals surface area contributed by atoms with Crippen LogP contribution in [0.15, 0.2) is 18.2 Å². The second kappa shape index (κ2) is 12.2. The summed E-state index contributed by atoms with van der Waals surface area (Å²) in [5, 5.41) is 6.09. The maximum absolute atomic E-state index is 12.3. The molecule has 1 aromatic carbocycles. The summed E-state index contributed by atoms with van der Waals surface area (Å²) in [6, 6.07) is 4.95. The Morgan fingerprint density at radius 1 is 1.15 bits per heavy atom. The molecule has 0 fully saturated rings. The van der Waals surface area contributed by atoms with Crippen molar-refractivity contribution < 1.29 is 9.59 Å². The predicted octanol–water partition coefficient (Wildman–Crippen LogP) is 4.53. The van der Waals surface area contributed by atoms with E-state index in [2.05, 4.69) is 10.6 Å². The third-order valence-corrected chi connectivity index (χ3v) is 4.50. The van der Waals surface area contributed by atoms with E-state index >= 15 is 0 Å². The number of carbonyl (C=O) groups excluding carboxylic acids is 2. The molecule has 0 spiro atoms. The third-order valence-electron chi connectivity index (χ3n) is 4.19. The molecule has 4 N–H and O–H groups in total. The van der Waals surface area contributed by atoms with Gasteiger partial charge >= 0.3 is 0 Å². The van der Waals surface area contributed by atoms with Crippen molar-refractivity contribution in [3.63, 3.8) is 0 Å². The third kappa shape index (κ3) is 8.88. The van der Waals surface area contributed by atoms with Crippen molar-refractivity contribution in [3.8, 4) is 0 Å². The molecule has 148 valence electrons. The number of carbonyl (C=O) groups is 2. The molecule has 2 amide bonds. The fraction of sp³-hybridized carbons (Fsp3) is 0.579. The zero-order valence-corrected chi connectivity index (χ0v) is 17.4. The van der Waals surface area contributed by atoms with Gasteiger partial charge in [-0.2, -0.15) is 0 Å². The highest BCUT2D eigenvalue weighted by Gasteiger charge is 2.20. The first-order chi connectivity index (χ1) is 11.8. The summed E-state index contributed by atoms with van der Waals surface area (Å²) in [4.78, 5) is 24.3. The summed E-state index contributed by atoms with van der Waals surface area (Å²) in [5.74, 6) is -0.261. The van der Waals surface area contributed by atoms with Gasteiger partial charge in [-0.15, -0.1) is 12.4 Å². The number of hydrogen-bond donors (Lipinski definition) is 3. The van der Waals surface area contributed by atoms with E-state index in [1.54, 1.807) is 18.2 Å². The summed E-state index contributed by atoms with van der Waals surface area (Å²) >= 11 is 6.22. The first-order valence-corrected chi connectivity index (χ1v) is 9.29. The smallest absolute Gasteiger partial charge is 0.253 e. The molecule has 0 aromatic heterocycles. The molecule has 1 rings (SSSR count). The van der Waals surface area contributed by atoms with Crippen LogP contribution in [-0.2, 0) is 4.79 Å². The molecule has 0 aliphatic rings. The predicted molar refractivity (Wildman–Crippen MR) is 111 cm³/mol. The number of benzene rings is 1. The molecule has 0 atom stereocenters. The molecule has 26 heavy (non-hydrogen) atoms. The lowest BCUT2D eigenvalue weighted by atomic mass is 10.0. The first-order valence-electron chi connectivity index (χ1n) is 8.91. The van der Waals surface area contributed by atoms with E-state index in [9.17, 15) is 9.59 Å². The van der Waals surface area contributed by atoms with E-state index in [1.807, 2.05) is 20.8 Å². The van der Waals surface area contributed by atoms with Crippen LogP contribution in [0, 0.1) is 0 Å². The Bertz CT molecular complexity index is 592. The number of hydrogen-bond acceptors (Lipinski definition) is 3. The van der Waals surface area contributed by atoms with Crippen LogP contribution in [0.2, 0.25) is 5.02 Å². The summed E-state index contributed by atoms with van der Waals surface area (Å²) in [6.07, 6.45) is 5.16. The molecular weight excluding hydrogens is 373 g/mol. The van der Waals surface area contributed by atoms with Crippen LogP contribution < -0.4 is 16.4 Å². The van der Waals surface area contributed by atoms with Crippen LogP contribution in [-0.4, -0.2) is 23.9 Å². The van der Waals surface area contributed by atoms with Gasteiger partial charge < -0.3 is 16.4 Å². The average Bonchev–Trinajstić information content (AvgIpc) is 2.54. The summed E-state index contributed by atoms with van der Waals surface area (Å²) < 4.78 is 0. The van der Waals surface area contributed by atoms with Gasteiger partial charge in [0.25, 0.3) is 5.91 Å². The number of halogens is 2. The van der Waals surface area contributed by atoms with Gasteiger partial charge in [0.2, 0.25) is 5.91 Å². The molecule has 0 bridgehead atoms. The molecule has 0 radical (unpaired) electrons. The van der Waals surface area contributed by atoms with Crippen molar-refractivity contribution in [2.75, 3.05) is 11.9 Å². The molecule has 0 heterocycles. The standard InChI is InChI=1S/C19H30ClN3O2.ClH/c1-4-19(2,3)23-18(25)15-11-10-14(13-16(15)20)22-17(24)9-7-5-6-8-12-21;/h10-11,13H,4-9,12,21H2,1-3H3,(H,22,24)(H,23,25);1H. The van der Waals surface area contributed by atoms with Crippen molar-refractivity contribution >= 4 is 41.5 Å². The van der Waals surface area contributed by atoms with Gasteiger partial charge in [-0.1, -0.05) is 31.4 Å². The van der Waals surface area contributed by atoms with E-state index in [-0.39, 0.29) is 29.8 Å². The van der Waals surface area contributed by atoms with Gasteiger partial charge in [-0.25, -0.2) is 0 Å². The topological polar surface area (TPSA) is 84.2 Å². The SMILES string of the molecule is CCC(C)(C)NC(=O)c1ccc(NC(=O)CCCCCCN)cc1Cl.Cl. The highest BCUT2D eigenvalue weighted by Crippen LogP contribution is 2.22. The quantitative estimate of drug-likeness (QED) is 0.501. The number of rotatable bonds is 10. The van der Waals surface area contributed by atoms with E-state index in [0.717, 1.165) is 32.1 Å². The number of nitrogens with two attached hydrogens (primary N) is 1. The van der Waals surface area contributed by atoms with Crippen LogP contribution in [0.25, 0.3) is 0 Å². The highest BCUT2D eigenvalue weighted by molar-refractivity contribution is 6.34. The van der Waals surface area contributed by atoms with Crippen LogP contribution in [0.5, 0.6) is 0 Å². The molecule has 0 saturated heterocycles. The Balaban J connectivity index is 0.00000625. The molecule has 0 aliphatic heterocycles. The number of unbranched alkanes of at least 4 members (excludes halogenated alkanes) is 3. The van der Waals surface area contributed by atoms with Crippen molar-refractivity contribution in [3.05, 3.63) is 28.8 Å². The molecular formula is C19H31Cl2N3O2. The Labute approximate surface area is 167 Å². The van der Waals surface area contributed by atoms with E-state index in [4.69, 9.17) is 17.3 Å². The van der Waals surface area contributed by atoms with E-state index < -0.39 is 0 Å². The summed E-state index contributed by atoms with van der Waals surface area (Å²) in [5.41, 5.74) is 6.15. The monoisotopic (exact) mass is 403 g/mol. The minimum absolute atomic E-state index is 0. The molecule has 5 nitrogen and oxygen atoms in total. The molecule has 0 unspecified atom stereocenters. The minimum atomic E-state index is -0.294. The van der Waals surface area contributed by atoms with Crippen LogP contribution in [0.3, 0.4) is 0 Å². The number of nitrogens with one attached hydrogen (secondary N) is 2. The van der Waals surface area contributed by atoms with Gasteiger partial charge in [0, 0.05) is 17.6 Å². The fourth-order valence-electron chi connectivity index (χ4n) is 2.25. The maximum Gasteiger partial charge on any atom is 0.253 e. The van der Waals surface area contributed by atoms with Crippen LogP contribution in [0.4, 0.5) is 5.69 Å². The Morgan fingerprint density at radius 2 is 1.81 bits per heavy atom. The van der Waals surface area contributed by atoms with Crippen LogP contribution >= 0.6 is 24.0 Å². The lowest BCUT2D eigenvalue weighted by Crippen LogP contribution is -2.42. The van der Waals surface area contributed by atoms with Gasteiger partial charge in [-0.05, 0) is 57.9 Å².